The van der Waals surface area contributed by atoms with Gasteiger partial charge in [0.2, 0.25) is 0 Å². The third-order valence-electron chi connectivity index (χ3n) is 3.92. The van der Waals surface area contributed by atoms with Gasteiger partial charge in [0.25, 0.3) is 0 Å². The lowest BCUT2D eigenvalue weighted by Crippen LogP contribution is -2.63. The molecule has 6 nitrogen and oxygen atoms in total. The molecule has 0 amide bonds. The van der Waals surface area contributed by atoms with Crippen LogP contribution >= 0.6 is 0 Å². The lowest BCUT2D eigenvalue weighted by Gasteiger charge is -2.45. The maximum atomic E-state index is 10.1. The topological polar surface area (TPSA) is 77.4 Å². The van der Waals surface area contributed by atoms with Gasteiger partial charge in [0.1, 0.15) is 24.4 Å². The molecule has 2 rings (SSSR count). The monoisotopic (exact) mass is 290 g/mol. The Kier molecular flexibility index (Phi) is 6.20. The number of unbranched alkanes of at least 4 members (excludes halogenated alkanes) is 3. The first-order chi connectivity index (χ1) is 9.67. The highest BCUT2D eigenvalue weighted by Crippen LogP contribution is 2.29. The fourth-order valence-corrected chi connectivity index (χ4v) is 2.71. The molecule has 0 aromatic carbocycles. The second-order valence-corrected chi connectivity index (χ2v) is 5.47. The molecule has 0 aliphatic carbocycles. The van der Waals surface area contributed by atoms with E-state index in [2.05, 4.69) is 6.92 Å². The van der Waals surface area contributed by atoms with E-state index in [1.807, 2.05) is 0 Å². The second-order valence-electron chi connectivity index (χ2n) is 5.47. The molecule has 2 N–H and O–H groups in total. The van der Waals surface area contributed by atoms with Crippen LogP contribution in [0.25, 0.3) is 0 Å². The lowest BCUT2D eigenvalue weighted by molar-refractivity contribution is -0.356. The van der Waals surface area contributed by atoms with Gasteiger partial charge >= 0.3 is 0 Å². The fraction of sp³-hybridized carbons (Fsp3) is 1.00. The predicted octanol–water partition coefficient (Wildman–Crippen LogP) is 0.791. The van der Waals surface area contributed by atoms with Gasteiger partial charge in [-0.2, -0.15) is 0 Å². The minimum Gasteiger partial charge on any atom is -0.387 e. The summed E-state index contributed by atoms with van der Waals surface area (Å²) in [5.41, 5.74) is 0. The van der Waals surface area contributed by atoms with Crippen molar-refractivity contribution in [3.63, 3.8) is 0 Å². The molecule has 2 heterocycles. The van der Waals surface area contributed by atoms with Crippen LogP contribution in [0.15, 0.2) is 0 Å². The summed E-state index contributed by atoms with van der Waals surface area (Å²) in [5.74, 6) is 0. The number of fused-ring (bicyclic) bond motifs is 1. The van der Waals surface area contributed by atoms with Crippen molar-refractivity contribution in [2.45, 2.75) is 76.0 Å². The van der Waals surface area contributed by atoms with E-state index < -0.39 is 30.7 Å². The molecule has 0 aromatic rings. The van der Waals surface area contributed by atoms with Crippen LogP contribution in [-0.2, 0) is 18.9 Å². The summed E-state index contributed by atoms with van der Waals surface area (Å²) in [4.78, 5) is 0. The van der Waals surface area contributed by atoms with E-state index in [0.717, 1.165) is 19.3 Å². The van der Waals surface area contributed by atoms with Crippen LogP contribution in [-0.4, -0.2) is 60.9 Å². The maximum Gasteiger partial charge on any atom is 0.186 e. The zero-order valence-electron chi connectivity index (χ0n) is 12.2. The number of methoxy groups -OCH3 is 1. The summed E-state index contributed by atoms with van der Waals surface area (Å²) in [6, 6.07) is 0. The molecule has 2 aliphatic rings. The minimum absolute atomic E-state index is 0.322. The maximum absolute atomic E-state index is 10.1. The van der Waals surface area contributed by atoms with E-state index in [4.69, 9.17) is 18.9 Å². The highest BCUT2D eigenvalue weighted by atomic mass is 16.7. The van der Waals surface area contributed by atoms with Gasteiger partial charge in [0, 0.05) is 7.11 Å². The summed E-state index contributed by atoms with van der Waals surface area (Å²) >= 11 is 0. The molecule has 20 heavy (non-hydrogen) atoms. The molecule has 6 heteroatoms. The number of hydrogen-bond acceptors (Lipinski definition) is 6. The number of hydrogen-bond donors (Lipinski definition) is 2. The third-order valence-corrected chi connectivity index (χ3v) is 3.92. The molecule has 2 aliphatic heterocycles. The van der Waals surface area contributed by atoms with Crippen molar-refractivity contribution in [3.05, 3.63) is 0 Å². The third kappa shape index (κ3) is 3.69. The Morgan fingerprint density at radius 1 is 1.10 bits per heavy atom. The van der Waals surface area contributed by atoms with Crippen LogP contribution in [0.3, 0.4) is 0 Å². The van der Waals surface area contributed by atoms with Gasteiger partial charge in [-0.25, -0.2) is 0 Å². The normalized spacial score (nSPS) is 41.4. The average molecular weight is 290 g/mol. The standard InChI is InChI=1S/C14H26O6/c1-3-4-5-6-7-10-18-8-9-13(20-10)11(15)12(16)14(17-2)19-9/h9-16H,3-8H2,1-2H3. The van der Waals surface area contributed by atoms with Crippen LogP contribution < -0.4 is 0 Å². The van der Waals surface area contributed by atoms with E-state index in [1.165, 1.54) is 20.0 Å². The molecule has 0 aromatic heterocycles. The molecule has 0 saturated carbocycles. The van der Waals surface area contributed by atoms with Crippen molar-refractivity contribution in [1.29, 1.82) is 0 Å². The van der Waals surface area contributed by atoms with Gasteiger partial charge in [-0.1, -0.05) is 26.2 Å². The first-order valence-corrected chi connectivity index (χ1v) is 7.48. The van der Waals surface area contributed by atoms with E-state index in [9.17, 15) is 10.2 Å². The SMILES string of the molecule is CCCCCCC1OCC2OC(OC)C(O)C(O)C2O1. The van der Waals surface area contributed by atoms with Gasteiger partial charge < -0.3 is 29.2 Å². The molecule has 0 spiro atoms. The molecule has 0 radical (unpaired) electrons. The van der Waals surface area contributed by atoms with Crippen LogP contribution in [0.2, 0.25) is 0 Å². The highest BCUT2D eigenvalue weighted by Gasteiger charge is 2.48. The Morgan fingerprint density at radius 3 is 2.60 bits per heavy atom. The molecule has 6 unspecified atom stereocenters. The highest BCUT2D eigenvalue weighted by molar-refractivity contribution is 4.92. The van der Waals surface area contributed by atoms with E-state index >= 15 is 0 Å². The average Bonchev–Trinajstić information content (AvgIpc) is 2.47. The summed E-state index contributed by atoms with van der Waals surface area (Å²) in [6.07, 6.45) is 1.17. The Bertz CT molecular complexity index is 285. The van der Waals surface area contributed by atoms with Crippen molar-refractivity contribution in [2.24, 2.45) is 0 Å². The lowest BCUT2D eigenvalue weighted by atomic mass is 9.98. The summed E-state index contributed by atoms with van der Waals surface area (Å²) in [7, 11) is 1.43. The van der Waals surface area contributed by atoms with Crippen molar-refractivity contribution in [3.8, 4) is 0 Å². The van der Waals surface area contributed by atoms with Crippen LogP contribution in [0.4, 0.5) is 0 Å². The van der Waals surface area contributed by atoms with Gasteiger partial charge in [0.15, 0.2) is 12.6 Å². The molecular formula is C14H26O6. The number of aliphatic hydroxyl groups is 2. The molecule has 118 valence electrons. The van der Waals surface area contributed by atoms with Gasteiger partial charge in [-0.05, 0) is 12.8 Å². The zero-order chi connectivity index (χ0) is 14.5. The Morgan fingerprint density at radius 2 is 1.90 bits per heavy atom. The summed E-state index contributed by atoms with van der Waals surface area (Å²) < 4.78 is 21.9. The molecule has 2 fully saturated rings. The quantitative estimate of drug-likeness (QED) is 0.704. The Balaban J connectivity index is 1.82. The first kappa shape index (κ1) is 16.1. The molecular weight excluding hydrogens is 264 g/mol. The number of aliphatic hydroxyl groups excluding tert-OH is 2. The summed E-state index contributed by atoms with van der Waals surface area (Å²) in [6.45, 7) is 2.52. The van der Waals surface area contributed by atoms with E-state index in [-0.39, 0.29) is 6.29 Å². The largest absolute Gasteiger partial charge is 0.387 e. The van der Waals surface area contributed by atoms with E-state index in [0.29, 0.717) is 6.61 Å². The van der Waals surface area contributed by atoms with Crippen LogP contribution in [0.1, 0.15) is 39.0 Å². The second kappa shape index (κ2) is 7.68. The minimum atomic E-state index is -1.10. The van der Waals surface area contributed by atoms with Gasteiger partial charge in [0.05, 0.1) is 6.61 Å². The summed E-state index contributed by atoms with van der Waals surface area (Å²) in [5, 5.41) is 20.0. The smallest absolute Gasteiger partial charge is 0.186 e. The van der Waals surface area contributed by atoms with Gasteiger partial charge in [-0.15, -0.1) is 0 Å². The first-order valence-electron chi connectivity index (χ1n) is 7.48. The van der Waals surface area contributed by atoms with Crippen molar-refractivity contribution < 1.29 is 29.2 Å². The fourth-order valence-electron chi connectivity index (χ4n) is 2.71. The van der Waals surface area contributed by atoms with Crippen molar-refractivity contribution in [1.82, 2.24) is 0 Å². The predicted molar refractivity (Wildman–Crippen MR) is 71.1 cm³/mol. The van der Waals surface area contributed by atoms with E-state index in [1.54, 1.807) is 0 Å². The zero-order valence-corrected chi connectivity index (χ0v) is 12.2. The van der Waals surface area contributed by atoms with Crippen molar-refractivity contribution in [2.75, 3.05) is 13.7 Å². The van der Waals surface area contributed by atoms with Crippen LogP contribution in [0.5, 0.6) is 0 Å². The Hall–Kier alpha value is -0.240. The Labute approximate surface area is 120 Å². The number of ether oxygens (including phenoxy) is 4. The van der Waals surface area contributed by atoms with Crippen molar-refractivity contribution >= 4 is 0 Å². The molecule has 0 bridgehead atoms. The van der Waals surface area contributed by atoms with Gasteiger partial charge in [-0.3, -0.25) is 0 Å². The molecule has 2 saturated heterocycles. The van der Waals surface area contributed by atoms with Crippen LogP contribution in [0, 0.1) is 0 Å². The molecule has 6 atom stereocenters. The number of rotatable bonds is 6.